The first kappa shape index (κ1) is 31.3. The van der Waals surface area contributed by atoms with Crippen LogP contribution in [0.3, 0.4) is 0 Å². The monoisotopic (exact) mass is 809 g/mol. The maximum Gasteiger partial charge on any atom is 0.167 e. The maximum atomic E-state index is 9.63. The molecule has 0 aliphatic heterocycles. The van der Waals surface area contributed by atoms with E-state index in [-0.39, 0.29) is 47.1 Å². The standard InChI is InChI=1S/C57H35N5O/c1-3-15-36(16-4-1)39-29-32-46-47-34-41(62-51-25-13-9-21-44(51)45-22-10-14-26-52(45)62)35-48(54(47)63-53(46)33-39)57-59-55(37-17-5-2-6-18-37)58-56(60-57)38-27-30-40(31-28-38)61-49-23-11-7-19-42(49)43-20-8-12-24-50(43)61/h1-35H/i27D,28D,30D,31D. The van der Waals surface area contributed by atoms with Crippen molar-refractivity contribution in [1.82, 2.24) is 24.1 Å². The van der Waals surface area contributed by atoms with Crippen LogP contribution in [0.15, 0.2) is 217 Å². The van der Waals surface area contributed by atoms with Gasteiger partial charge in [-0.15, -0.1) is 0 Å². The van der Waals surface area contributed by atoms with Crippen molar-refractivity contribution in [3.8, 4) is 56.7 Å². The molecule has 0 fully saturated rings. The van der Waals surface area contributed by atoms with Gasteiger partial charge in [-0.3, -0.25) is 0 Å². The highest BCUT2D eigenvalue weighted by Gasteiger charge is 2.22. The van der Waals surface area contributed by atoms with Crippen LogP contribution in [0.5, 0.6) is 0 Å². The molecule has 0 bridgehead atoms. The molecule has 13 rings (SSSR count). The molecule has 63 heavy (non-hydrogen) atoms. The molecule has 0 aliphatic rings. The number of furan rings is 1. The molecule has 6 nitrogen and oxygen atoms in total. The Labute approximate surface area is 367 Å². The molecule has 0 spiro atoms. The van der Waals surface area contributed by atoms with Crippen molar-refractivity contribution in [2.45, 2.75) is 0 Å². The first-order chi connectivity index (χ1) is 32.9. The Morgan fingerprint density at radius 3 is 1.40 bits per heavy atom. The number of hydrogen-bond donors (Lipinski definition) is 0. The lowest BCUT2D eigenvalue weighted by atomic mass is 10.0. The fraction of sp³-hybridized carbons (Fsp3) is 0. The summed E-state index contributed by atoms with van der Waals surface area (Å²) in [6.45, 7) is 0. The minimum absolute atomic E-state index is 0.00696. The molecule has 0 saturated heterocycles. The average molecular weight is 810 g/mol. The van der Waals surface area contributed by atoms with Crippen molar-refractivity contribution in [3.05, 3.63) is 212 Å². The van der Waals surface area contributed by atoms with E-state index in [1.807, 2.05) is 120 Å². The number of rotatable bonds is 6. The van der Waals surface area contributed by atoms with Crippen LogP contribution in [-0.2, 0) is 0 Å². The molecule has 0 unspecified atom stereocenters. The molecule has 0 radical (unpaired) electrons. The van der Waals surface area contributed by atoms with Gasteiger partial charge in [0.1, 0.15) is 11.2 Å². The highest BCUT2D eigenvalue weighted by Crippen LogP contribution is 2.42. The summed E-state index contributed by atoms with van der Waals surface area (Å²) < 4.78 is 49.4. The Balaban J connectivity index is 1.10. The zero-order valence-electron chi connectivity index (χ0n) is 37.5. The van der Waals surface area contributed by atoms with E-state index >= 15 is 0 Å². The van der Waals surface area contributed by atoms with Gasteiger partial charge >= 0.3 is 0 Å². The number of hydrogen-bond acceptors (Lipinski definition) is 4. The fourth-order valence-electron chi connectivity index (χ4n) is 9.19. The van der Waals surface area contributed by atoms with Gasteiger partial charge in [0.2, 0.25) is 0 Å². The van der Waals surface area contributed by atoms with Crippen LogP contribution in [0.4, 0.5) is 0 Å². The van der Waals surface area contributed by atoms with Gasteiger partial charge in [-0.05, 0) is 83.8 Å². The van der Waals surface area contributed by atoms with E-state index in [1.165, 1.54) is 0 Å². The van der Waals surface area contributed by atoms with Gasteiger partial charge in [0.05, 0.1) is 33.1 Å². The van der Waals surface area contributed by atoms with Gasteiger partial charge in [-0.25, -0.2) is 15.0 Å². The summed E-state index contributed by atoms with van der Waals surface area (Å²) in [5.41, 5.74) is 9.17. The van der Waals surface area contributed by atoms with E-state index in [0.29, 0.717) is 28.1 Å². The number of benzene rings is 9. The van der Waals surface area contributed by atoms with Crippen LogP contribution in [0.1, 0.15) is 5.48 Å². The molecular formula is C57H35N5O. The molecular weight excluding hydrogens is 771 g/mol. The smallest absolute Gasteiger partial charge is 0.167 e. The summed E-state index contributed by atoms with van der Waals surface area (Å²) in [4.78, 5) is 15.2. The molecule has 0 aliphatic carbocycles. The second kappa shape index (κ2) is 14.0. The number of fused-ring (bicyclic) bond motifs is 9. The van der Waals surface area contributed by atoms with Crippen LogP contribution in [0, 0.1) is 0 Å². The third-order valence-electron chi connectivity index (χ3n) is 12.1. The second-order valence-corrected chi connectivity index (χ2v) is 15.7. The van der Waals surface area contributed by atoms with Gasteiger partial charge in [-0.2, -0.15) is 0 Å². The predicted molar refractivity (Wildman–Crippen MR) is 258 cm³/mol. The minimum atomic E-state index is -0.268. The lowest BCUT2D eigenvalue weighted by molar-refractivity contribution is 0.669. The van der Waals surface area contributed by atoms with E-state index in [9.17, 15) is 5.48 Å². The van der Waals surface area contributed by atoms with Gasteiger partial charge in [-0.1, -0.05) is 140 Å². The van der Waals surface area contributed by atoms with Crippen molar-refractivity contribution in [2.75, 3.05) is 0 Å². The molecule has 13 aromatic rings. The summed E-state index contributed by atoms with van der Waals surface area (Å²) in [7, 11) is 0. The second-order valence-electron chi connectivity index (χ2n) is 15.7. The molecule has 4 heterocycles. The Bertz CT molecular complexity index is 4020. The third kappa shape index (κ3) is 5.62. The van der Waals surface area contributed by atoms with Gasteiger partial charge in [0.15, 0.2) is 17.5 Å². The van der Waals surface area contributed by atoms with Crippen LogP contribution in [-0.4, -0.2) is 24.1 Å². The van der Waals surface area contributed by atoms with Crippen LogP contribution in [0.25, 0.3) is 122 Å². The Morgan fingerprint density at radius 2 is 0.825 bits per heavy atom. The first-order valence-corrected chi connectivity index (χ1v) is 20.9. The topological polar surface area (TPSA) is 61.7 Å². The molecule has 6 heteroatoms. The largest absolute Gasteiger partial charge is 0.455 e. The zero-order valence-corrected chi connectivity index (χ0v) is 33.5. The summed E-state index contributed by atoms with van der Waals surface area (Å²) in [5, 5.41) is 5.90. The van der Waals surface area contributed by atoms with E-state index in [2.05, 4.69) is 77.4 Å². The van der Waals surface area contributed by atoms with Crippen molar-refractivity contribution in [3.63, 3.8) is 0 Å². The first-order valence-electron chi connectivity index (χ1n) is 22.9. The van der Waals surface area contributed by atoms with Crippen molar-refractivity contribution >= 4 is 65.6 Å². The quantitative estimate of drug-likeness (QED) is 0.168. The summed E-state index contributed by atoms with van der Waals surface area (Å²) >= 11 is 0. The van der Waals surface area contributed by atoms with E-state index in [4.69, 9.17) is 19.4 Å². The highest BCUT2D eigenvalue weighted by atomic mass is 16.3. The lowest BCUT2D eigenvalue weighted by Gasteiger charge is -2.13. The van der Waals surface area contributed by atoms with Gasteiger partial charge in [0.25, 0.3) is 0 Å². The minimum Gasteiger partial charge on any atom is -0.455 e. The van der Waals surface area contributed by atoms with Gasteiger partial charge < -0.3 is 13.6 Å². The van der Waals surface area contributed by atoms with E-state index < -0.39 is 0 Å². The summed E-state index contributed by atoms with van der Waals surface area (Å²) in [6, 6.07) is 61.6. The van der Waals surface area contributed by atoms with Crippen molar-refractivity contribution in [2.24, 2.45) is 0 Å². The van der Waals surface area contributed by atoms with Crippen LogP contribution >= 0.6 is 0 Å². The number of para-hydroxylation sites is 4. The van der Waals surface area contributed by atoms with Crippen molar-refractivity contribution in [1.29, 1.82) is 0 Å². The molecule has 0 saturated carbocycles. The Morgan fingerprint density at radius 1 is 0.349 bits per heavy atom. The average Bonchev–Trinajstić information content (AvgIpc) is 4.04. The Hall–Kier alpha value is -8.61. The number of aromatic nitrogens is 5. The van der Waals surface area contributed by atoms with E-state index in [0.717, 1.165) is 71.2 Å². The van der Waals surface area contributed by atoms with Gasteiger partial charge in [0, 0.05) is 54.8 Å². The summed E-state index contributed by atoms with van der Waals surface area (Å²) in [5.74, 6) is 0.566. The van der Waals surface area contributed by atoms with Crippen molar-refractivity contribution < 1.29 is 9.90 Å². The van der Waals surface area contributed by atoms with Crippen LogP contribution in [0.2, 0.25) is 0 Å². The summed E-state index contributed by atoms with van der Waals surface area (Å²) in [6.07, 6.45) is 0. The molecule has 0 amide bonds. The molecule has 4 aromatic heterocycles. The third-order valence-corrected chi connectivity index (χ3v) is 12.1. The molecule has 0 N–H and O–H groups in total. The zero-order chi connectivity index (χ0) is 44.9. The number of nitrogens with zero attached hydrogens (tertiary/aromatic N) is 5. The highest BCUT2D eigenvalue weighted by molar-refractivity contribution is 6.13. The SMILES string of the molecule is [2H]c1c([2H])c(-n2c3ccccc3c3ccccc32)c([2H])c([2H])c1-c1nc(-c2ccccc2)nc(-c2cc(-n3c4ccccc4c4ccccc43)cc3c2oc2cc(-c4ccccc4)ccc23)n1. The lowest BCUT2D eigenvalue weighted by Crippen LogP contribution is -2.02. The van der Waals surface area contributed by atoms with E-state index in [1.54, 1.807) is 0 Å². The fourth-order valence-corrected chi connectivity index (χ4v) is 9.19. The van der Waals surface area contributed by atoms with Crippen LogP contribution < -0.4 is 0 Å². The maximum absolute atomic E-state index is 9.63. The predicted octanol–water partition coefficient (Wildman–Crippen LogP) is 14.6. The molecule has 294 valence electrons. The normalized spacial score (nSPS) is 12.7. The Kier molecular flexibility index (Phi) is 6.94. The molecule has 0 atom stereocenters. The molecule has 9 aromatic carbocycles.